The molecule has 0 N–H and O–H groups in total. The van der Waals surface area contributed by atoms with Gasteiger partial charge in [-0.25, -0.2) is 0 Å². The number of aldehydes is 1. The van der Waals surface area contributed by atoms with Gasteiger partial charge in [0.25, 0.3) is 0 Å². The van der Waals surface area contributed by atoms with Crippen molar-refractivity contribution in [3.05, 3.63) is 23.3 Å². The fraction of sp³-hybridized carbons (Fsp3) is 0.300. The largest absolute Gasteiger partial charge is 0.493 e. The lowest BCUT2D eigenvalue weighted by Gasteiger charge is -2.11. The average Bonchev–Trinajstić information content (AvgIpc) is 2.26. The highest BCUT2D eigenvalue weighted by Crippen LogP contribution is 2.32. The number of halogens is 1. The van der Waals surface area contributed by atoms with Crippen LogP contribution < -0.4 is 9.47 Å². The zero-order chi connectivity index (χ0) is 10.6. The molecule has 0 saturated heterocycles. The first-order valence-electron chi connectivity index (χ1n) is 4.02. The molecule has 0 bridgehead atoms. The normalized spacial score (nSPS) is 9.64. The first-order valence-corrected chi connectivity index (χ1v) is 4.56. The van der Waals surface area contributed by atoms with Crippen molar-refractivity contribution in [2.45, 2.75) is 5.88 Å². The van der Waals surface area contributed by atoms with Gasteiger partial charge in [0, 0.05) is 11.1 Å². The topological polar surface area (TPSA) is 35.5 Å². The molecule has 0 aromatic heterocycles. The third-order valence-electron chi connectivity index (χ3n) is 1.86. The van der Waals surface area contributed by atoms with Gasteiger partial charge in [0.15, 0.2) is 11.5 Å². The van der Waals surface area contributed by atoms with Crippen LogP contribution in [0.25, 0.3) is 0 Å². The van der Waals surface area contributed by atoms with Gasteiger partial charge in [-0.3, -0.25) is 4.79 Å². The molecule has 76 valence electrons. The van der Waals surface area contributed by atoms with Crippen LogP contribution in [0, 0.1) is 0 Å². The summed E-state index contributed by atoms with van der Waals surface area (Å²) in [5.74, 6) is 1.38. The number of methoxy groups -OCH3 is 2. The first-order chi connectivity index (χ1) is 6.76. The van der Waals surface area contributed by atoms with Crippen molar-refractivity contribution >= 4 is 17.9 Å². The summed E-state index contributed by atoms with van der Waals surface area (Å²) < 4.78 is 10.2. The Labute approximate surface area is 87.6 Å². The van der Waals surface area contributed by atoms with E-state index in [-0.39, 0.29) is 5.88 Å². The minimum absolute atomic E-state index is 0.279. The number of hydrogen-bond acceptors (Lipinski definition) is 3. The molecule has 0 aliphatic carbocycles. The third kappa shape index (κ3) is 1.99. The molecule has 3 nitrogen and oxygen atoms in total. The van der Waals surface area contributed by atoms with E-state index in [4.69, 9.17) is 21.1 Å². The van der Waals surface area contributed by atoms with Crippen LogP contribution in [-0.2, 0) is 5.88 Å². The molecule has 0 saturated carbocycles. The molecule has 0 atom stereocenters. The molecule has 1 rings (SSSR count). The van der Waals surface area contributed by atoms with Crippen molar-refractivity contribution in [1.82, 2.24) is 0 Å². The number of hydrogen-bond donors (Lipinski definition) is 0. The second-order valence-corrected chi connectivity index (χ2v) is 2.93. The molecule has 0 amide bonds. The standard InChI is InChI=1S/C10H11ClO3/c1-13-9-4-7(6-12)3-8(5-11)10(9)14-2/h3-4,6H,5H2,1-2H3. The second-order valence-electron chi connectivity index (χ2n) is 2.67. The molecule has 0 spiro atoms. The Hall–Kier alpha value is -1.22. The third-order valence-corrected chi connectivity index (χ3v) is 2.15. The number of carbonyl (C=O) groups is 1. The van der Waals surface area contributed by atoms with Gasteiger partial charge in [-0.2, -0.15) is 0 Å². The van der Waals surface area contributed by atoms with Crippen molar-refractivity contribution in [3.63, 3.8) is 0 Å². The van der Waals surface area contributed by atoms with Crippen LogP contribution >= 0.6 is 11.6 Å². The van der Waals surface area contributed by atoms with E-state index in [9.17, 15) is 4.79 Å². The highest BCUT2D eigenvalue weighted by Gasteiger charge is 2.10. The highest BCUT2D eigenvalue weighted by molar-refractivity contribution is 6.17. The van der Waals surface area contributed by atoms with Crippen molar-refractivity contribution in [3.8, 4) is 11.5 Å². The molecular weight excluding hydrogens is 204 g/mol. The number of alkyl halides is 1. The molecule has 0 heterocycles. The molecule has 1 aromatic rings. The van der Waals surface area contributed by atoms with Crippen LogP contribution in [0.4, 0.5) is 0 Å². The zero-order valence-corrected chi connectivity index (χ0v) is 8.80. The lowest BCUT2D eigenvalue weighted by atomic mass is 10.1. The highest BCUT2D eigenvalue weighted by atomic mass is 35.5. The molecule has 0 unspecified atom stereocenters. The SMILES string of the molecule is COc1cc(C=O)cc(CCl)c1OC. The minimum atomic E-state index is 0.279. The van der Waals surface area contributed by atoms with Gasteiger partial charge in [-0.15, -0.1) is 11.6 Å². The van der Waals surface area contributed by atoms with Crippen LogP contribution in [-0.4, -0.2) is 20.5 Å². The van der Waals surface area contributed by atoms with Crippen molar-refractivity contribution < 1.29 is 14.3 Å². The Morgan fingerprint density at radius 2 is 2.07 bits per heavy atom. The fourth-order valence-corrected chi connectivity index (χ4v) is 1.43. The molecule has 0 radical (unpaired) electrons. The molecule has 0 fully saturated rings. The van der Waals surface area contributed by atoms with E-state index >= 15 is 0 Å². The van der Waals surface area contributed by atoms with Gasteiger partial charge in [0.1, 0.15) is 6.29 Å². The van der Waals surface area contributed by atoms with E-state index in [0.717, 1.165) is 11.8 Å². The summed E-state index contributed by atoms with van der Waals surface area (Å²) in [7, 11) is 3.05. The van der Waals surface area contributed by atoms with Crippen LogP contribution in [0.5, 0.6) is 11.5 Å². The number of carbonyl (C=O) groups excluding carboxylic acids is 1. The predicted molar refractivity (Wildman–Crippen MR) is 54.5 cm³/mol. The molecule has 0 aliphatic rings. The van der Waals surface area contributed by atoms with E-state index in [0.29, 0.717) is 17.1 Å². The first kappa shape index (κ1) is 10.9. The maximum Gasteiger partial charge on any atom is 0.165 e. The maximum absolute atomic E-state index is 10.6. The Kier molecular flexibility index (Phi) is 3.77. The van der Waals surface area contributed by atoms with Crippen molar-refractivity contribution in [2.24, 2.45) is 0 Å². The van der Waals surface area contributed by atoms with E-state index in [1.807, 2.05) is 0 Å². The molecule has 1 aromatic carbocycles. The van der Waals surface area contributed by atoms with Crippen LogP contribution in [0.3, 0.4) is 0 Å². The smallest absolute Gasteiger partial charge is 0.165 e. The zero-order valence-electron chi connectivity index (χ0n) is 8.04. The molecular formula is C10H11ClO3. The average molecular weight is 215 g/mol. The Balaban J connectivity index is 3.31. The van der Waals surface area contributed by atoms with Gasteiger partial charge in [0.05, 0.1) is 20.1 Å². The van der Waals surface area contributed by atoms with Gasteiger partial charge < -0.3 is 9.47 Å². The van der Waals surface area contributed by atoms with Crippen molar-refractivity contribution in [1.29, 1.82) is 0 Å². The number of rotatable bonds is 4. The lowest BCUT2D eigenvalue weighted by Crippen LogP contribution is -1.96. The predicted octanol–water partition coefficient (Wildman–Crippen LogP) is 2.26. The molecule has 4 heteroatoms. The monoisotopic (exact) mass is 214 g/mol. The second kappa shape index (κ2) is 4.86. The van der Waals surface area contributed by atoms with Crippen molar-refractivity contribution in [2.75, 3.05) is 14.2 Å². The van der Waals surface area contributed by atoms with Crippen LogP contribution in [0.15, 0.2) is 12.1 Å². The summed E-state index contributed by atoms with van der Waals surface area (Å²) in [6, 6.07) is 3.29. The summed E-state index contributed by atoms with van der Waals surface area (Å²) >= 11 is 5.72. The van der Waals surface area contributed by atoms with E-state index < -0.39 is 0 Å². The Morgan fingerprint density at radius 1 is 1.36 bits per heavy atom. The Morgan fingerprint density at radius 3 is 2.50 bits per heavy atom. The van der Waals surface area contributed by atoms with Crippen LogP contribution in [0.1, 0.15) is 15.9 Å². The lowest BCUT2D eigenvalue weighted by molar-refractivity contribution is 0.112. The van der Waals surface area contributed by atoms with Crippen LogP contribution in [0.2, 0.25) is 0 Å². The van der Waals surface area contributed by atoms with E-state index in [2.05, 4.69) is 0 Å². The summed E-state index contributed by atoms with van der Waals surface area (Å²) in [4.78, 5) is 10.6. The van der Waals surface area contributed by atoms with Gasteiger partial charge in [0.2, 0.25) is 0 Å². The van der Waals surface area contributed by atoms with E-state index in [1.54, 1.807) is 12.1 Å². The fourth-order valence-electron chi connectivity index (χ4n) is 1.23. The summed E-state index contributed by atoms with van der Waals surface area (Å²) in [5.41, 5.74) is 1.27. The molecule has 14 heavy (non-hydrogen) atoms. The summed E-state index contributed by atoms with van der Waals surface area (Å²) in [6.07, 6.45) is 0.748. The summed E-state index contributed by atoms with van der Waals surface area (Å²) in [5, 5.41) is 0. The number of ether oxygens (including phenoxy) is 2. The van der Waals surface area contributed by atoms with Gasteiger partial charge >= 0.3 is 0 Å². The Bertz CT molecular complexity index is 311. The van der Waals surface area contributed by atoms with Gasteiger partial charge in [-0.05, 0) is 12.1 Å². The minimum Gasteiger partial charge on any atom is -0.493 e. The quantitative estimate of drug-likeness (QED) is 0.570. The van der Waals surface area contributed by atoms with Gasteiger partial charge in [-0.1, -0.05) is 0 Å². The maximum atomic E-state index is 10.6. The molecule has 0 aliphatic heterocycles. The number of benzene rings is 1. The summed E-state index contributed by atoms with van der Waals surface area (Å²) in [6.45, 7) is 0. The van der Waals surface area contributed by atoms with E-state index in [1.165, 1.54) is 14.2 Å².